The lowest BCUT2D eigenvalue weighted by atomic mass is 10.1. The Labute approximate surface area is 113 Å². The number of nitrogens with zero attached hydrogens (tertiary/aromatic N) is 1. The van der Waals surface area contributed by atoms with Crippen molar-refractivity contribution in [3.05, 3.63) is 29.3 Å². The second kappa shape index (κ2) is 5.03. The molecule has 102 valence electrons. The van der Waals surface area contributed by atoms with Crippen LogP contribution >= 0.6 is 0 Å². The number of anilines is 1. The van der Waals surface area contributed by atoms with Crippen molar-refractivity contribution in [3.8, 4) is 0 Å². The molecular weight excluding hydrogens is 240 g/mol. The lowest BCUT2D eigenvalue weighted by Crippen LogP contribution is -2.38. The van der Waals surface area contributed by atoms with Crippen LogP contribution in [0.25, 0.3) is 0 Å². The van der Waals surface area contributed by atoms with E-state index in [1.165, 1.54) is 6.92 Å². The van der Waals surface area contributed by atoms with E-state index in [1.54, 1.807) is 4.90 Å². The van der Waals surface area contributed by atoms with Crippen LogP contribution < -0.4 is 10.2 Å². The van der Waals surface area contributed by atoms with Crippen molar-refractivity contribution in [1.29, 1.82) is 0 Å². The van der Waals surface area contributed by atoms with Gasteiger partial charge in [-0.05, 0) is 18.9 Å². The molecule has 1 heterocycles. The lowest BCUT2D eigenvalue weighted by molar-refractivity contribution is -0.126. The maximum atomic E-state index is 12.5. The highest BCUT2D eigenvalue weighted by Gasteiger charge is 2.37. The zero-order chi connectivity index (χ0) is 14.2. The number of nitrogens with one attached hydrogen (secondary N) is 1. The van der Waals surface area contributed by atoms with Gasteiger partial charge in [-0.1, -0.05) is 31.5 Å². The van der Waals surface area contributed by atoms with Crippen molar-refractivity contribution in [3.63, 3.8) is 0 Å². The van der Waals surface area contributed by atoms with Gasteiger partial charge in [-0.15, -0.1) is 0 Å². The number of benzene rings is 1. The summed E-state index contributed by atoms with van der Waals surface area (Å²) in [6.45, 7) is 8.25. The van der Waals surface area contributed by atoms with Crippen molar-refractivity contribution in [1.82, 2.24) is 5.32 Å². The number of hydrogen-bond donors (Lipinski definition) is 1. The Morgan fingerprint density at radius 1 is 1.42 bits per heavy atom. The van der Waals surface area contributed by atoms with Crippen LogP contribution in [0, 0.1) is 12.8 Å². The Balaban J connectivity index is 2.42. The second-order valence-corrected chi connectivity index (χ2v) is 5.54. The average molecular weight is 260 g/mol. The van der Waals surface area contributed by atoms with Gasteiger partial charge in [0.15, 0.2) is 0 Å². The Kier molecular flexibility index (Phi) is 3.60. The third kappa shape index (κ3) is 2.62. The minimum atomic E-state index is -0.536. The van der Waals surface area contributed by atoms with Crippen molar-refractivity contribution in [2.24, 2.45) is 5.92 Å². The van der Waals surface area contributed by atoms with Crippen molar-refractivity contribution >= 4 is 17.5 Å². The molecule has 4 heteroatoms. The van der Waals surface area contributed by atoms with Crippen LogP contribution in [-0.4, -0.2) is 18.4 Å². The van der Waals surface area contributed by atoms with Gasteiger partial charge in [0.05, 0.1) is 0 Å². The lowest BCUT2D eigenvalue weighted by Gasteiger charge is -2.20. The summed E-state index contributed by atoms with van der Waals surface area (Å²) in [5.41, 5.74) is 2.91. The minimum absolute atomic E-state index is 0.0375. The summed E-state index contributed by atoms with van der Waals surface area (Å²) in [6.07, 6.45) is 0. The van der Waals surface area contributed by atoms with Gasteiger partial charge in [0.2, 0.25) is 5.91 Å². The first-order chi connectivity index (χ1) is 8.90. The molecule has 1 N–H and O–H groups in total. The quantitative estimate of drug-likeness (QED) is 0.905. The zero-order valence-electron chi connectivity index (χ0n) is 11.9. The monoisotopic (exact) mass is 260 g/mol. The van der Waals surface area contributed by atoms with Crippen molar-refractivity contribution in [2.45, 2.75) is 33.7 Å². The molecule has 1 atom stereocenters. The highest BCUT2D eigenvalue weighted by Crippen LogP contribution is 2.36. The van der Waals surface area contributed by atoms with Gasteiger partial charge >= 0.3 is 0 Å². The molecule has 2 rings (SSSR count). The van der Waals surface area contributed by atoms with Crippen LogP contribution in [0.3, 0.4) is 0 Å². The van der Waals surface area contributed by atoms with E-state index in [9.17, 15) is 9.59 Å². The summed E-state index contributed by atoms with van der Waals surface area (Å²) in [7, 11) is 0. The molecule has 1 aromatic carbocycles. The maximum absolute atomic E-state index is 12.5. The molecule has 4 nitrogen and oxygen atoms in total. The summed E-state index contributed by atoms with van der Waals surface area (Å²) in [5, 5.41) is 2.75. The fourth-order valence-electron chi connectivity index (χ4n) is 2.45. The van der Waals surface area contributed by atoms with Crippen molar-refractivity contribution in [2.75, 3.05) is 11.4 Å². The molecule has 0 radical (unpaired) electrons. The fourth-order valence-corrected chi connectivity index (χ4v) is 2.45. The highest BCUT2D eigenvalue weighted by molar-refractivity contribution is 6.06. The van der Waals surface area contributed by atoms with Crippen LogP contribution in [0.4, 0.5) is 5.69 Å². The molecule has 1 unspecified atom stereocenters. The molecule has 0 aliphatic carbocycles. The van der Waals surface area contributed by atoms with E-state index in [0.717, 1.165) is 16.8 Å². The Morgan fingerprint density at radius 2 is 2.11 bits per heavy atom. The third-order valence-electron chi connectivity index (χ3n) is 3.19. The summed E-state index contributed by atoms with van der Waals surface area (Å²) < 4.78 is 0. The van der Waals surface area contributed by atoms with Gasteiger partial charge in [-0.2, -0.15) is 0 Å². The molecule has 0 bridgehead atoms. The average Bonchev–Trinajstić information content (AvgIpc) is 2.53. The van der Waals surface area contributed by atoms with E-state index >= 15 is 0 Å². The van der Waals surface area contributed by atoms with Gasteiger partial charge in [0.25, 0.3) is 5.91 Å². The predicted molar refractivity (Wildman–Crippen MR) is 74.9 cm³/mol. The van der Waals surface area contributed by atoms with Crippen LogP contribution in [0.1, 0.15) is 37.9 Å². The Morgan fingerprint density at radius 3 is 2.68 bits per heavy atom. The maximum Gasteiger partial charge on any atom is 0.254 e. The van der Waals surface area contributed by atoms with Crippen LogP contribution in [0.5, 0.6) is 0 Å². The molecule has 0 spiro atoms. The normalized spacial score (nSPS) is 17.8. The van der Waals surface area contributed by atoms with Crippen LogP contribution in [0.2, 0.25) is 0 Å². The van der Waals surface area contributed by atoms with E-state index < -0.39 is 6.04 Å². The third-order valence-corrected chi connectivity index (χ3v) is 3.19. The highest BCUT2D eigenvalue weighted by atomic mass is 16.2. The summed E-state index contributed by atoms with van der Waals surface area (Å²) in [4.78, 5) is 25.5. The van der Waals surface area contributed by atoms with Crippen LogP contribution in [0.15, 0.2) is 18.2 Å². The standard InChI is InChI=1S/C15H20N2O2/c1-9(2)8-17-13-6-5-10(3)7-12(13)14(15(17)19)16-11(4)18/h5-7,9,14H,8H2,1-4H3,(H,16,18). The molecule has 2 amide bonds. The number of hydrogen-bond acceptors (Lipinski definition) is 2. The molecule has 1 aromatic rings. The number of carbonyl (C=O) groups is 2. The molecular formula is C15H20N2O2. The second-order valence-electron chi connectivity index (χ2n) is 5.54. The number of carbonyl (C=O) groups excluding carboxylic acids is 2. The molecule has 0 aromatic heterocycles. The van der Waals surface area contributed by atoms with E-state index in [2.05, 4.69) is 19.2 Å². The van der Waals surface area contributed by atoms with Gasteiger partial charge in [-0.3, -0.25) is 9.59 Å². The molecule has 0 saturated heterocycles. The number of rotatable bonds is 3. The summed E-state index contributed by atoms with van der Waals surface area (Å²) in [6, 6.07) is 5.41. The SMILES string of the molecule is CC(=O)NC1C(=O)N(CC(C)C)c2ccc(C)cc21. The number of aryl methyl sites for hydroxylation is 1. The molecule has 1 aliphatic heterocycles. The minimum Gasteiger partial charge on any atom is -0.341 e. The molecule has 0 saturated carbocycles. The number of amides is 2. The smallest absolute Gasteiger partial charge is 0.254 e. The number of fused-ring (bicyclic) bond motifs is 1. The van der Waals surface area contributed by atoms with E-state index in [-0.39, 0.29) is 11.8 Å². The van der Waals surface area contributed by atoms with E-state index in [4.69, 9.17) is 0 Å². The summed E-state index contributed by atoms with van der Waals surface area (Å²) in [5.74, 6) is 0.163. The Hall–Kier alpha value is -1.84. The molecule has 1 aliphatic rings. The summed E-state index contributed by atoms with van der Waals surface area (Å²) >= 11 is 0. The molecule has 19 heavy (non-hydrogen) atoms. The first kappa shape index (κ1) is 13.6. The van der Waals surface area contributed by atoms with Gasteiger partial charge in [-0.25, -0.2) is 0 Å². The van der Waals surface area contributed by atoms with Crippen LogP contribution in [-0.2, 0) is 9.59 Å². The zero-order valence-corrected chi connectivity index (χ0v) is 11.9. The molecule has 0 fully saturated rings. The van der Waals surface area contributed by atoms with Gasteiger partial charge in [0.1, 0.15) is 6.04 Å². The van der Waals surface area contributed by atoms with Gasteiger partial charge in [0, 0.05) is 24.7 Å². The first-order valence-electron chi connectivity index (χ1n) is 6.59. The van der Waals surface area contributed by atoms with Crippen molar-refractivity contribution < 1.29 is 9.59 Å². The van der Waals surface area contributed by atoms with E-state index in [1.807, 2.05) is 25.1 Å². The first-order valence-corrected chi connectivity index (χ1v) is 6.59. The fraction of sp³-hybridized carbons (Fsp3) is 0.467. The topological polar surface area (TPSA) is 49.4 Å². The predicted octanol–water partition coefficient (Wildman–Crippen LogP) is 2.17. The Bertz CT molecular complexity index is 523. The van der Waals surface area contributed by atoms with Gasteiger partial charge < -0.3 is 10.2 Å². The van der Waals surface area contributed by atoms with E-state index in [0.29, 0.717) is 12.5 Å². The largest absolute Gasteiger partial charge is 0.341 e.